The highest BCUT2D eigenvalue weighted by molar-refractivity contribution is 5.90. The first-order valence-corrected chi connectivity index (χ1v) is 5.23. The number of hydrogen-bond donors (Lipinski definition) is 1. The summed E-state index contributed by atoms with van der Waals surface area (Å²) >= 11 is 0. The zero-order valence-electron chi connectivity index (χ0n) is 9.47. The third-order valence-corrected chi connectivity index (χ3v) is 2.36. The van der Waals surface area contributed by atoms with E-state index in [1.54, 1.807) is 24.7 Å². The predicted molar refractivity (Wildman–Crippen MR) is 63.8 cm³/mol. The number of hydrogen-bond acceptors (Lipinski definition) is 4. The number of esters is 1. The Morgan fingerprint density at radius 2 is 2.29 bits per heavy atom. The molecule has 0 spiro atoms. The van der Waals surface area contributed by atoms with Gasteiger partial charge in [-0.2, -0.15) is 0 Å². The molecule has 4 heteroatoms. The quantitative estimate of drug-likeness (QED) is 0.822. The minimum atomic E-state index is -0.336. The molecule has 0 fully saturated rings. The fourth-order valence-corrected chi connectivity index (χ4v) is 1.47. The minimum Gasteiger partial charge on any atom is -0.472 e. The van der Waals surface area contributed by atoms with Crippen molar-refractivity contribution in [1.29, 1.82) is 0 Å². The molecule has 0 saturated carbocycles. The average molecular weight is 231 g/mol. The van der Waals surface area contributed by atoms with Crippen LogP contribution in [-0.4, -0.2) is 13.1 Å². The first-order valence-electron chi connectivity index (χ1n) is 5.23. The summed E-state index contributed by atoms with van der Waals surface area (Å²) in [4.78, 5) is 11.3. The summed E-state index contributed by atoms with van der Waals surface area (Å²) in [6.07, 6.45) is 3.30. The van der Waals surface area contributed by atoms with Crippen LogP contribution < -0.4 is 5.32 Å². The molecule has 1 N–H and O–H groups in total. The van der Waals surface area contributed by atoms with Gasteiger partial charge in [0.1, 0.15) is 0 Å². The summed E-state index contributed by atoms with van der Waals surface area (Å²) in [5.41, 5.74) is 2.45. The number of benzene rings is 1. The van der Waals surface area contributed by atoms with Crippen molar-refractivity contribution in [3.8, 4) is 0 Å². The monoisotopic (exact) mass is 231 g/mol. The van der Waals surface area contributed by atoms with Crippen molar-refractivity contribution in [3.05, 3.63) is 54.0 Å². The zero-order valence-corrected chi connectivity index (χ0v) is 9.47. The largest absolute Gasteiger partial charge is 0.472 e. The van der Waals surface area contributed by atoms with Crippen LogP contribution in [0.1, 0.15) is 15.9 Å². The van der Waals surface area contributed by atoms with Crippen molar-refractivity contribution >= 4 is 11.7 Å². The second-order valence-corrected chi connectivity index (χ2v) is 3.56. The van der Waals surface area contributed by atoms with E-state index in [-0.39, 0.29) is 5.97 Å². The highest BCUT2D eigenvalue weighted by Crippen LogP contribution is 2.13. The summed E-state index contributed by atoms with van der Waals surface area (Å²) in [5, 5.41) is 3.20. The van der Waals surface area contributed by atoms with Crippen molar-refractivity contribution in [2.75, 3.05) is 12.4 Å². The average Bonchev–Trinajstić information content (AvgIpc) is 2.89. The van der Waals surface area contributed by atoms with Gasteiger partial charge in [0.05, 0.1) is 25.2 Å². The Bertz CT molecular complexity index is 491. The molecule has 0 aliphatic rings. The second kappa shape index (κ2) is 5.21. The summed E-state index contributed by atoms with van der Waals surface area (Å²) in [6, 6.07) is 9.06. The third kappa shape index (κ3) is 2.87. The van der Waals surface area contributed by atoms with E-state index in [1.807, 2.05) is 18.2 Å². The second-order valence-electron chi connectivity index (χ2n) is 3.56. The molecule has 0 amide bonds. The molecule has 0 bridgehead atoms. The molecule has 2 aromatic rings. The maximum absolute atomic E-state index is 11.3. The van der Waals surface area contributed by atoms with E-state index in [0.717, 1.165) is 11.3 Å². The van der Waals surface area contributed by atoms with E-state index in [1.165, 1.54) is 7.11 Å². The molecule has 1 heterocycles. The molecule has 88 valence electrons. The molecular weight excluding hydrogens is 218 g/mol. The van der Waals surface area contributed by atoms with Crippen LogP contribution in [0.2, 0.25) is 0 Å². The van der Waals surface area contributed by atoms with Crippen molar-refractivity contribution in [2.45, 2.75) is 6.54 Å². The standard InChI is InChI=1S/C13H13NO3/c1-16-13(15)11-3-2-4-12(7-11)14-8-10-5-6-17-9-10/h2-7,9,14H,8H2,1H3. The maximum atomic E-state index is 11.3. The van der Waals surface area contributed by atoms with Gasteiger partial charge >= 0.3 is 5.97 Å². The highest BCUT2D eigenvalue weighted by atomic mass is 16.5. The van der Waals surface area contributed by atoms with Crippen LogP contribution in [0.25, 0.3) is 0 Å². The van der Waals surface area contributed by atoms with Crippen LogP contribution >= 0.6 is 0 Å². The number of carbonyl (C=O) groups excluding carboxylic acids is 1. The van der Waals surface area contributed by atoms with Crippen LogP contribution in [-0.2, 0) is 11.3 Å². The fraction of sp³-hybridized carbons (Fsp3) is 0.154. The van der Waals surface area contributed by atoms with Gasteiger partial charge in [-0.1, -0.05) is 6.07 Å². The maximum Gasteiger partial charge on any atom is 0.337 e. The van der Waals surface area contributed by atoms with Gasteiger partial charge in [-0.25, -0.2) is 4.79 Å². The fourth-order valence-electron chi connectivity index (χ4n) is 1.47. The van der Waals surface area contributed by atoms with E-state index in [9.17, 15) is 4.79 Å². The number of rotatable bonds is 4. The molecule has 0 aliphatic carbocycles. The van der Waals surface area contributed by atoms with Crippen LogP contribution in [0.4, 0.5) is 5.69 Å². The summed E-state index contributed by atoms with van der Waals surface area (Å²) in [7, 11) is 1.37. The first kappa shape index (κ1) is 11.3. The van der Waals surface area contributed by atoms with E-state index >= 15 is 0 Å². The Hall–Kier alpha value is -2.23. The zero-order chi connectivity index (χ0) is 12.1. The Morgan fingerprint density at radius 3 is 3.00 bits per heavy atom. The van der Waals surface area contributed by atoms with Crippen LogP contribution in [0.3, 0.4) is 0 Å². The highest BCUT2D eigenvalue weighted by Gasteiger charge is 2.05. The van der Waals surface area contributed by atoms with Gasteiger partial charge in [0, 0.05) is 17.8 Å². The third-order valence-electron chi connectivity index (χ3n) is 2.36. The van der Waals surface area contributed by atoms with Crippen molar-refractivity contribution in [3.63, 3.8) is 0 Å². The first-order chi connectivity index (χ1) is 8.29. The predicted octanol–water partition coefficient (Wildman–Crippen LogP) is 2.68. The van der Waals surface area contributed by atoms with Crippen LogP contribution in [0, 0.1) is 0 Å². The lowest BCUT2D eigenvalue weighted by Crippen LogP contribution is -2.03. The summed E-state index contributed by atoms with van der Waals surface area (Å²) < 4.78 is 9.63. The van der Waals surface area contributed by atoms with Gasteiger partial charge in [-0.15, -0.1) is 0 Å². The molecule has 1 aromatic carbocycles. The summed E-state index contributed by atoms with van der Waals surface area (Å²) in [6.45, 7) is 0.654. The topological polar surface area (TPSA) is 51.5 Å². The van der Waals surface area contributed by atoms with Crippen molar-refractivity contribution < 1.29 is 13.9 Å². The number of ether oxygens (including phenoxy) is 1. The Labute approximate surface area is 99.2 Å². The van der Waals surface area contributed by atoms with Crippen molar-refractivity contribution in [1.82, 2.24) is 0 Å². The van der Waals surface area contributed by atoms with E-state index in [2.05, 4.69) is 10.1 Å². The smallest absolute Gasteiger partial charge is 0.337 e. The molecule has 0 radical (unpaired) electrons. The van der Waals surface area contributed by atoms with Gasteiger partial charge in [-0.3, -0.25) is 0 Å². The molecule has 0 saturated heterocycles. The SMILES string of the molecule is COC(=O)c1cccc(NCc2ccoc2)c1. The number of carbonyl (C=O) groups is 1. The Balaban J connectivity index is 2.03. The van der Waals surface area contributed by atoms with Crippen molar-refractivity contribution in [2.24, 2.45) is 0 Å². The van der Waals surface area contributed by atoms with Gasteiger partial charge in [0.25, 0.3) is 0 Å². The van der Waals surface area contributed by atoms with Crippen LogP contribution in [0.15, 0.2) is 47.3 Å². The van der Waals surface area contributed by atoms with Gasteiger partial charge < -0.3 is 14.5 Å². The van der Waals surface area contributed by atoms with Gasteiger partial charge in [0.2, 0.25) is 0 Å². The van der Waals surface area contributed by atoms with E-state index in [0.29, 0.717) is 12.1 Å². The number of nitrogens with one attached hydrogen (secondary N) is 1. The molecule has 17 heavy (non-hydrogen) atoms. The normalized spacial score (nSPS) is 9.94. The molecule has 0 atom stereocenters. The Kier molecular flexibility index (Phi) is 3.45. The lowest BCUT2D eigenvalue weighted by molar-refractivity contribution is 0.0601. The minimum absolute atomic E-state index is 0.336. The number of anilines is 1. The summed E-state index contributed by atoms with van der Waals surface area (Å²) in [5.74, 6) is -0.336. The van der Waals surface area contributed by atoms with E-state index in [4.69, 9.17) is 4.42 Å². The van der Waals surface area contributed by atoms with Gasteiger partial charge in [-0.05, 0) is 24.3 Å². The molecule has 1 aromatic heterocycles. The molecule has 2 rings (SSSR count). The molecule has 4 nitrogen and oxygen atoms in total. The lowest BCUT2D eigenvalue weighted by atomic mass is 10.2. The number of methoxy groups -OCH3 is 1. The Morgan fingerprint density at radius 1 is 1.41 bits per heavy atom. The number of furan rings is 1. The van der Waals surface area contributed by atoms with Gasteiger partial charge in [0.15, 0.2) is 0 Å². The molecular formula is C13H13NO3. The van der Waals surface area contributed by atoms with E-state index < -0.39 is 0 Å². The van der Waals surface area contributed by atoms with Crippen LogP contribution in [0.5, 0.6) is 0 Å². The lowest BCUT2D eigenvalue weighted by Gasteiger charge is -2.06. The molecule has 0 aliphatic heterocycles. The molecule has 0 unspecified atom stereocenters.